The molecule has 2 unspecified atom stereocenters. The highest BCUT2D eigenvalue weighted by Gasteiger charge is 2.46. The third-order valence-corrected chi connectivity index (χ3v) is 3.22. The van der Waals surface area contributed by atoms with Crippen LogP contribution in [0.3, 0.4) is 0 Å². The van der Waals surface area contributed by atoms with E-state index in [1.807, 2.05) is 30.3 Å². The predicted octanol–water partition coefficient (Wildman–Crippen LogP) is 2.19. The second kappa shape index (κ2) is 4.66. The fraction of sp³-hybridized carbons (Fsp3) is 0.500. The van der Waals surface area contributed by atoms with Crippen LogP contribution in [0, 0.1) is 0 Å². The minimum atomic E-state index is -4.19. The smallest absolute Gasteiger partial charge is 0.313 e. The van der Waals surface area contributed by atoms with Crippen molar-refractivity contribution in [2.45, 2.75) is 18.3 Å². The van der Waals surface area contributed by atoms with E-state index in [1.165, 1.54) is 11.9 Å². The highest BCUT2D eigenvalue weighted by atomic mass is 19.4. The molecule has 0 bridgehead atoms. The van der Waals surface area contributed by atoms with E-state index in [1.54, 1.807) is 0 Å². The zero-order valence-corrected chi connectivity index (χ0v) is 9.54. The molecule has 94 valence electrons. The number of alkyl halides is 3. The lowest BCUT2D eigenvalue weighted by atomic mass is 10.0. The fourth-order valence-electron chi connectivity index (χ4n) is 2.24. The minimum Gasteiger partial charge on any atom is -0.313 e. The number of hydrogen-bond donors (Lipinski definition) is 1. The Labute approximate surface area is 98.4 Å². The summed E-state index contributed by atoms with van der Waals surface area (Å²) in [6.45, 7) is 0.510. The standard InChI is InChI=1S/C12H15F3N2/c1-17-10(9-5-3-2-4-6-9)7-16-8-11(17)12(13,14)15/h2-6,10-11,16H,7-8H2,1H3. The summed E-state index contributed by atoms with van der Waals surface area (Å²) in [7, 11) is 1.54. The molecule has 1 fully saturated rings. The van der Waals surface area contributed by atoms with Crippen LogP contribution >= 0.6 is 0 Å². The molecular formula is C12H15F3N2. The molecule has 0 radical (unpaired) electrons. The summed E-state index contributed by atoms with van der Waals surface area (Å²) < 4.78 is 38.4. The average Bonchev–Trinajstić information content (AvgIpc) is 2.29. The van der Waals surface area contributed by atoms with Crippen molar-refractivity contribution in [1.29, 1.82) is 0 Å². The van der Waals surface area contributed by atoms with Crippen molar-refractivity contribution >= 4 is 0 Å². The van der Waals surface area contributed by atoms with Crippen molar-refractivity contribution in [1.82, 2.24) is 10.2 Å². The van der Waals surface area contributed by atoms with Gasteiger partial charge in [0.25, 0.3) is 0 Å². The van der Waals surface area contributed by atoms with Gasteiger partial charge in [-0.2, -0.15) is 13.2 Å². The predicted molar refractivity (Wildman–Crippen MR) is 59.7 cm³/mol. The lowest BCUT2D eigenvalue weighted by Crippen LogP contribution is -2.57. The maximum Gasteiger partial charge on any atom is 0.405 e. The molecule has 2 nitrogen and oxygen atoms in total. The van der Waals surface area contributed by atoms with Gasteiger partial charge in [-0.3, -0.25) is 4.90 Å². The Bertz CT molecular complexity index is 364. The number of nitrogens with one attached hydrogen (secondary N) is 1. The normalized spacial score (nSPS) is 27.1. The van der Waals surface area contributed by atoms with Gasteiger partial charge in [-0.1, -0.05) is 30.3 Å². The summed E-state index contributed by atoms with van der Waals surface area (Å²) in [5.41, 5.74) is 0.913. The fourth-order valence-corrected chi connectivity index (χ4v) is 2.24. The second-order valence-electron chi connectivity index (χ2n) is 4.31. The molecule has 1 aromatic rings. The first-order chi connectivity index (χ1) is 8.00. The van der Waals surface area contributed by atoms with Gasteiger partial charge in [-0.05, 0) is 12.6 Å². The van der Waals surface area contributed by atoms with Gasteiger partial charge in [0.1, 0.15) is 6.04 Å². The SMILES string of the molecule is CN1C(c2ccccc2)CNCC1C(F)(F)F. The summed E-state index contributed by atoms with van der Waals surface area (Å²) in [6, 6.07) is 7.64. The first-order valence-electron chi connectivity index (χ1n) is 5.54. The minimum absolute atomic E-state index is 0.0384. The first kappa shape index (κ1) is 12.4. The number of benzene rings is 1. The maximum absolute atomic E-state index is 12.8. The van der Waals surface area contributed by atoms with Gasteiger partial charge in [0.05, 0.1) is 0 Å². The Kier molecular flexibility index (Phi) is 3.40. The third kappa shape index (κ3) is 2.61. The Morgan fingerprint density at radius 2 is 1.82 bits per heavy atom. The lowest BCUT2D eigenvalue weighted by Gasteiger charge is -2.40. The molecule has 1 saturated heterocycles. The largest absolute Gasteiger partial charge is 0.405 e. The van der Waals surface area contributed by atoms with Gasteiger partial charge < -0.3 is 5.32 Å². The Balaban J connectivity index is 2.20. The van der Waals surface area contributed by atoms with E-state index in [0.29, 0.717) is 6.54 Å². The topological polar surface area (TPSA) is 15.3 Å². The molecule has 1 N–H and O–H groups in total. The molecule has 5 heteroatoms. The summed E-state index contributed by atoms with van der Waals surface area (Å²) in [5.74, 6) is 0. The van der Waals surface area contributed by atoms with Crippen LogP contribution in [0.1, 0.15) is 11.6 Å². The summed E-state index contributed by atoms with van der Waals surface area (Å²) >= 11 is 0. The molecule has 0 aromatic heterocycles. The summed E-state index contributed by atoms with van der Waals surface area (Å²) in [6.07, 6.45) is -4.19. The van der Waals surface area contributed by atoms with Crippen molar-refractivity contribution in [2.24, 2.45) is 0 Å². The zero-order chi connectivity index (χ0) is 12.5. The van der Waals surface area contributed by atoms with Crippen LogP contribution in [0.15, 0.2) is 30.3 Å². The summed E-state index contributed by atoms with van der Waals surface area (Å²) in [4.78, 5) is 1.41. The quantitative estimate of drug-likeness (QED) is 0.814. The molecule has 0 saturated carbocycles. The lowest BCUT2D eigenvalue weighted by molar-refractivity contribution is -0.190. The monoisotopic (exact) mass is 244 g/mol. The Morgan fingerprint density at radius 1 is 1.18 bits per heavy atom. The molecule has 2 rings (SSSR count). The van der Waals surface area contributed by atoms with Crippen LogP contribution in [0.25, 0.3) is 0 Å². The van der Waals surface area contributed by atoms with E-state index in [9.17, 15) is 13.2 Å². The molecule has 0 aliphatic carbocycles. The van der Waals surface area contributed by atoms with E-state index in [2.05, 4.69) is 5.32 Å². The van der Waals surface area contributed by atoms with E-state index in [-0.39, 0.29) is 12.6 Å². The molecule has 0 amide bonds. The molecule has 0 spiro atoms. The highest BCUT2D eigenvalue weighted by molar-refractivity contribution is 5.20. The molecular weight excluding hydrogens is 229 g/mol. The molecule has 1 aliphatic heterocycles. The first-order valence-corrected chi connectivity index (χ1v) is 5.54. The number of likely N-dealkylation sites (N-methyl/N-ethyl adjacent to an activating group) is 1. The van der Waals surface area contributed by atoms with Crippen molar-refractivity contribution in [3.63, 3.8) is 0 Å². The number of rotatable bonds is 1. The van der Waals surface area contributed by atoms with Gasteiger partial charge in [-0.25, -0.2) is 0 Å². The van der Waals surface area contributed by atoms with Gasteiger partial charge >= 0.3 is 6.18 Å². The van der Waals surface area contributed by atoms with Crippen LogP contribution in [-0.2, 0) is 0 Å². The zero-order valence-electron chi connectivity index (χ0n) is 9.54. The van der Waals surface area contributed by atoms with Gasteiger partial charge in [0.2, 0.25) is 0 Å². The number of nitrogens with zero attached hydrogens (tertiary/aromatic N) is 1. The molecule has 1 aromatic carbocycles. The van der Waals surface area contributed by atoms with Crippen molar-refractivity contribution < 1.29 is 13.2 Å². The molecule has 1 aliphatic rings. The van der Waals surface area contributed by atoms with E-state index < -0.39 is 12.2 Å². The van der Waals surface area contributed by atoms with E-state index >= 15 is 0 Å². The van der Waals surface area contributed by atoms with E-state index in [4.69, 9.17) is 0 Å². The van der Waals surface area contributed by atoms with Gasteiger partial charge in [0.15, 0.2) is 0 Å². The maximum atomic E-state index is 12.8. The van der Waals surface area contributed by atoms with Crippen LogP contribution < -0.4 is 5.32 Å². The average molecular weight is 244 g/mol. The van der Waals surface area contributed by atoms with Crippen LogP contribution in [0.2, 0.25) is 0 Å². The molecule has 1 heterocycles. The highest BCUT2D eigenvalue weighted by Crippen LogP contribution is 2.31. The van der Waals surface area contributed by atoms with Crippen molar-refractivity contribution in [2.75, 3.05) is 20.1 Å². The molecule has 17 heavy (non-hydrogen) atoms. The summed E-state index contributed by atoms with van der Waals surface area (Å²) in [5, 5.41) is 2.86. The van der Waals surface area contributed by atoms with Crippen LogP contribution in [0.5, 0.6) is 0 Å². The van der Waals surface area contributed by atoms with Crippen LogP contribution in [0.4, 0.5) is 13.2 Å². The van der Waals surface area contributed by atoms with Gasteiger partial charge in [-0.15, -0.1) is 0 Å². The molecule has 2 atom stereocenters. The number of piperazine rings is 1. The third-order valence-electron chi connectivity index (χ3n) is 3.22. The second-order valence-corrected chi connectivity index (χ2v) is 4.31. The van der Waals surface area contributed by atoms with Crippen LogP contribution in [-0.4, -0.2) is 37.3 Å². The van der Waals surface area contributed by atoms with Crippen molar-refractivity contribution in [3.05, 3.63) is 35.9 Å². The number of hydrogen-bond acceptors (Lipinski definition) is 2. The van der Waals surface area contributed by atoms with Gasteiger partial charge in [0, 0.05) is 19.1 Å². The number of halogens is 3. The Morgan fingerprint density at radius 3 is 2.41 bits per heavy atom. The Hall–Kier alpha value is -1.07. The van der Waals surface area contributed by atoms with E-state index in [0.717, 1.165) is 5.56 Å². The van der Waals surface area contributed by atoms with Crippen molar-refractivity contribution in [3.8, 4) is 0 Å².